The Hall–Kier alpha value is -1.62. The minimum atomic E-state index is -0.424. The van der Waals surface area contributed by atoms with Crippen LogP contribution in [0.3, 0.4) is 0 Å². The second-order valence-corrected chi connectivity index (χ2v) is 4.62. The van der Waals surface area contributed by atoms with Crippen molar-refractivity contribution >= 4 is 0 Å². The predicted molar refractivity (Wildman–Crippen MR) is 61.0 cm³/mol. The van der Waals surface area contributed by atoms with Crippen molar-refractivity contribution in [1.82, 2.24) is 10.1 Å². The van der Waals surface area contributed by atoms with E-state index in [9.17, 15) is 0 Å². The van der Waals surface area contributed by atoms with Gasteiger partial charge in [-0.2, -0.15) is 4.98 Å². The molecule has 5 nitrogen and oxygen atoms in total. The Morgan fingerprint density at radius 1 is 1.24 bits per heavy atom. The van der Waals surface area contributed by atoms with Gasteiger partial charge in [0, 0.05) is 0 Å². The van der Waals surface area contributed by atoms with Gasteiger partial charge in [0.25, 0.3) is 5.89 Å². The highest BCUT2D eigenvalue weighted by Crippen LogP contribution is 2.33. The smallest absolute Gasteiger partial charge is 0.293 e. The van der Waals surface area contributed by atoms with E-state index in [0.717, 1.165) is 25.7 Å². The molecule has 0 unspecified atom stereocenters. The molecule has 3 rings (SSSR count). The van der Waals surface area contributed by atoms with Crippen LogP contribution in [0.4, 0.5) is 0 Å². The Labute approximate surface area is 99.0 Å². The van der Waals surface area contributed by atoms with Crippen molar-refractivity contribution in [2.75, 3.05) is 0 Å². The summed E-state index contributed by atoms with van der Waals surface area (Å²) in [7, 11) is 0. The zero-order valence-corrected chi connectivity index (χ0v) is 9.56. The van der Waals surface area contributed by atoms with Crippen LogP contribution >= 0.6 is 0 Å². The lowest BCUT2D eigenvalue weighted by Gasteiger charge is -2.29. The number of aromatic nitrogens is 2. The van der Waals surface area contributed by atoms with E-state index < -0.39 is 5.54 Å². The highest BCUT2D eigenvalue weighted by molar-refractivity contribution is 5.43. The van der Waals surface area contributed by atoms with E-state index in [2.05, 4.69) is 10.1 Å². The van der Waals surface area contributed by atoms with Gasteiger partial charge in [-0.05, 0) is 25.0 Å². The maximum absolute atomic E-state index is 6.33. The molecular formula is C12H15N3O2. The fourth-order valence-corrected chi connectivity index (χ4v) is 2.33. The molecule has 1 aliphatic carbocycles. The van der Waals surface area contributed by atoms with Crippen LogP contribution in [0.2, 0.25) is 0 Å². The van der Waals surface area contributed by atoms with Gasteiger partial charge in [0.05, 0.1) is 11.8 Å². The van der Waals surface area contributed by atoms with E-state index in [-0.39, 0.29) is 0 Å². The van der Waals surface area contributed by atoms with Gasteiger partial charge in [-0.3, -0.25) is 0 Å². The summed E-state index contributed by atoms with van der Waals surface area (Å²) in [6, 6.07) is 3.58. The summed E-state index contributed by atoms with van der Waals surface area (Å²) in [6.07, 6.45) is 6.91. The molecule has 0 radical (unpaired) electrons. The van der Waals surface area contributed by atoms with Crippen LogP contribution in [0.5, 0.6) is 0 Å². The molecule has 0 amide bonds. The molecule has 90 valence electrons. The Balaban J connectivity index is 1.89. The van der Waals surface area contributed by atoms with Crippen LogP contribution in [0.15, 0.2) is 27.3 Å². The van der Waals surface area contributed by atoms with Crippen molar-refractivity contribution in [1.29, 1.82) is 0 Å². The third-order valence-electron chi connectivity index (χ3n) is 3.35. The van der Waals surface area contributed by atoms with Gasteiger partial charge in [-0.1, -0.05) is 24.4 Å². The van der Waals surface area contributed by atoms with Crippen molar-refractivity contribution in [3.63, 3.8) is 0 Å². The van der Waals surface area contributed by atoms with Gasteiger partial charge in [0.1, 0.15) is 0 Å². The van der Waals surface area contributed by atoms with Crippen molar-refractivity contribution in [2.45, 2.75) is 37.6 Å². The highest BCUT2D eigenvalue weighted by Gasteiger charge is 2.34. The molecule has 2 N–H and O–H groups in total. The van der Waals surface area contributed by atoms with E-state index >= 15 is 0 Å². The van der Waals surface area contributed by atoms with Gasteiger partial charge in [0.2, 0.25) is 0 Å². The largest absolute Gasteiger partial charge is 0.459 e. The van der Waals surface area contributed by atoms with Crippen LogP contribution in [0.1, 0.15) is 37.9 Å². The minimum Gasteiger partial charge on any atom is -0.459 e. The molecule has 0 spiro atoms. The normalized spacial score (nSPS) is 19.4. The third kappa shape index (κ3) is 1.86. The fourth-order valence-electron chi connectivity index (χ4n) is 2.33. The number of rotatable bonds is 2. The van der Waals surface area contributed by atoms with Gasteiger partial charge < -0.3 is 14.7 Å². The van der Waals surface area contributed by atoms with Crippen LogP contribution in [-0.2, 0) is 5.54 Å². The van der Waals surface area contributed by atoms with E-state index in [0.29, 0.717) is 17.5 Å². The Morgan fingerprint density at radius 3 is 2.76 bits per heavy atom. The molecule has 1 aliphatic rings. The summed E-state index contributed by atoms with van der Waals surface area (Å²) in [5.74, 6) is 1.59. The van der Waals surface area contributed by atoms with Crippen LogP contribution in [0, 0.1) is 0 Å². The van der Waals surface area contributed by atoms with E-state index in [1.165, 1.54) is 6.42 Å². The van der Waals surface area contributed by atoms with Crippen LogP contribution < -0.4 is 5.73 Å². The topological polar surface area (TPSA) is 78.1 Å². The molecule has 2 heterocycles. The van der Waals surface area contributed by atoms with Crippen LogP contribution in [-0.4, -0.2) is 10.1 Å². The van der Waals surface area contributed by atoms with Crippen molar-refractivity contribution in [2.24, 2.45) is 5.73 Å². The maximum atomic E-state index is 6.33. The van der Waals surface area contributed by atoms with Gasteiger partial charge in [-0.25, -0.2) is 0 Å². The molecule has 5 heteroatoms. The van der Waals surface area contributed by atoms with Crippen molar-refractivity contribution in [3.05, 3.63) is 24.2 Å². The minimum absolute atomic E-state index is 0.403. The average molecular weight is 233 g/mol. The molecule has 1 fully saturated rings. The molecule has 0 bridgehead atoms. The third-order valence-corrected chi connectivity index (χ3v) is 3.35. The molecule has 1 saturated carbocycles. The Bertz CT molecular complexity index is 484. The van der Waals surface area contributed by atoms with Gasteiger partial charge in [0.15, 0.2) is 11.6 Å². The number of nitrogens with two attached hydrogens (primary N) is 1. The first kappa shape index (κ1) is 10.5. The molecule has 0 aliphatic heterocycles. The first-order chi connectivity index (χ1) is 8.28. The average Bonchev–Trinajstić information content (AvgIpc) is 3.01. The first-order valence-corrected chi connectivity index (χ1v) is 5.95. The summed E-state index contributed by atoms with van der Waals surface area (Å²) in [4.78, 5) is 4.35. The fraction of sp³-hybridized carbons (Fsp3) is 0.500. The summed E-state index contributed by atoms with van der Waals surface area (Å²) in [6.45, 7) is 0. The lowest BCUT2D eigenvalue weighted by atomic mass is 9.82. The monoisotopic (exact) mass is 233 g/mol. The first-order valence-electron chi connectivity index (χ1n) is 5.95. The standard InChI is InChI=1S/C12H15N3O2/c13-12(6-2-1-3-7-12)11-14-10(17-15-11)9-5-4-8-16-9/h4-5,8H,1-3,6-7,13H2. The quantitative estimate of drug-likeness (QED) is 0.861. The lowest BCUT2D eigenvalue weighted by Crippen LogP contribution is -2.39. The van der Waals surface area contributed by atoms with Gasteiger partial charge >= 0.3 is 0 Å². The molecule has 0 atom stereocenters. The zero-order chi connectivity index (χ0) is 11.7. The number of furan rings is 1. The number of hydrogen-bond donors (Lipinski definition) is 1. The molecule has 17 heavy (non-hydrogen) atoms. The van der Waals surface area contributed by atoms with Crippen LogP contribution in [0.25, 0.3) is 11.7 Å². The van der Waals surface area contributed by atoms with E-state index in [1.807, 2.05) is 0 Å². The van der Waals surface area contributed by atoms with E-state index in [4.69, 9.17) is 14.7 Å². The Kier molecular flexibility index (Phi) is 2.48. The molecule has 0 saturated heterocycles. The van der Waals surface area contributed by atoms with Crippen molar-refractivity contribution in [3.8, 4) is 11.7 Å². The summed E-state index contributed by atoms with van der Waals surface area (Å²) in [5.41, 5.74) is 5.91. The molecule has 0 aromatic carbocycles. The maximum Gasteiger partial charge on any atom is 0.293 e. The lowest BCUT2D eigenvalue weighted by molar-refractivity contribution is 0.275. The van der Waals surface area contributed by atoms with E-state index in [1.54, 1.807) is 18.4 Å². The number of hydrogen-bond acceptors (Lipinski definition) is 5. The second kappa shape index (κ2) is 4.00. The SMILES string of the molecule is NC1(c2noc(-c3ccco3)n2)CCCCC1. The van der Waals surface area contributed by atoms with Gasteiger partial charge in [-0.15, -0.1) is 0 Å². The summed E-state index contributed by atoms with van der Waals surface area (Å²) < 4.78 is 10.4. The highest BCUT2D eigenvalue weighted by atomic mass is 16.5. The molecule has 2 aromatic rings. The second-order valence-electron chi connectivity index (χ2n) is 4.62. The Morgan fingerprint density at radius 2 is 2.06 bits per heavy atom. The zero-order valence-electron chi connectivity index (χ0n) is 9.56. The summed E-state index contributed by atoms with van der Waals surface area (Å²) >= 11 is 0. The molecular weight excluding hydrogens is 218 g/mol. The number of nitrogens with zero attached hydrogens (tertiary/aromatic N) is 2. The molecule has 2 aromatic heterocycles. The summed E-state index contributed by atoms with van der Waals surface area (Å²) in [5, 5.41) is 4.00. The van der Waals surface area contributed by atoms with Crippen molar-refractivity contribution < 1.29 is 8.94 Å². The predicted octanol–water partition coefficient (Wildman–Crippen LogP) is 2.45.